The molecule has 0 aliphatic rings. The van der Waals surface area contributed by atoms with Crippen LogP contribution in [0.5, 0.6) is 5.75 Å². The van der Waals surface area contributed by atoms with Crippen LogP contribution in [0, 0.1) is 11.3 Å². The fourth-order valence-corrected chi connectivity index (χ4v) is 1.39. The van der Waals surface area contributed by atoms with Gasteiger partial charge in [-0.2, -0.15) is 13.7 Å². The minimum Gasteiger partial charge on any atom is -0.493 e. The summed E-state index contributed by atoms with van der Waals surface area (Å²) < 4.78 is 31.2. The first kappa shape index (κ1) is 14.0. The predicted molar refractivity (Wildman–Crippen MR) is 65.7 cm³/mol. The maximum Gasteiger partial charge on any atom is 0.325 e. The molecule has 0 bridgehead atoms. The standard InChI is InChI=1S/C11H12N2O4S/c1-3-16-11-7-5-4-6-9(11)10(8-12)13-17-18(2,14)15/h4-7H,3H2,1-2H3. The molecule has 0 amide bonds. The number of hydrogen-bond acceptors (Lipinski definition) is 6. The first-order chi connectivity index (χ1) is 8.48. The van der Waals surface area contributed by atoms with E-state index in [2.05, 4.69) is 9.44 Å². The fourth-order valence-electron chi connectivity index (χ4n) is 1.18. The number of nitrogens with zero attached hydrogens (tertiary/aromatic N) is 2. The number of benzene rings is 1. The quantitative estimate of drug-likeness (QED) is 0.593. The minimum atomic E-state index is -3.74. The number of rotatable bonds is 5. The van der Waals surface area contributed by atoms with E-state index in [-0.39, 0.29) is 5.71 Å². The molecule has 1 aromatic rings. The van der Waals surface area contributed by atoms with Crippen LogP contribution in [-0.4, -0.2) is 27.0 Å². The van der Waals surface area contributed by atoms with Gasteiger partial charge in [-0.1, -0.05) is 17.3 Å². The van der Waals surface area contributed by atoms with E-state index in [0.29, 0.717) is 17.9 Å². The Morgan fingerprint density at radius 3 is 2.67 bits per heavy atom. The van der Waals surface area contributed by atoms with Gasteiger partial charge in [-0.3, -0.25) is 4.28 Å². The molecule has 96 valence electrons. The lowest BCUT2D eigenvalue weighted by Gasteiger charge is -2.07. The largest absolute Gasteiger partial charge is 0.493 e. The molecular weight excluding hydrogens is 256 g/mol. The molecule has 6 nitrogen and oxygen atoms in total. The summed E-state index contributed by atoms with van der Waals surface area (Å²) in [5.74, 6) is 0.442. The van der Waals surface area contributed by atoms with Crippen LogP contribution in [0.2, 0.25) is 0 Å². The van der Waals surface area contributed by atoms with Crippen molar-refractivity contribution in [1.82, 2.24) is 0 Å². The summed E-state index contributed by atoms with van der Waals surface area (Å²) in [6.45, 7) is 2.22. The lowest BCUT2D eigenvalue weighted by Crippen LogP contribution is -2.06. The molecule has 7 heteroatoms. The SMILES string of the molecule is CCOc1ccccc1C(C#N)=NOS(C)(=O)=O. The number of nitriles is 1. The molecular formula is C11H12N2O4S. The Bertz CT molecular complexity index is 587. The molecule has 0 radical (unpaired) electrons. The second-order valence-corrected chi connectivity index (χ2v) is 4.82. The molecule has 18 heavy (non-hydrogen) atoms. The predicted octanol–water partition coefficient (Wildman–Crippen LogP) is 1.29. The van der Waals surface area contributed by atoms with Crippen LogP contribution >= 0.6 is 0 Å². The van der Waals surface area contributed by atoms with E-state index in [9.17, 15) is 8.42 Å². The Morgan fingerprint density at radius 2 is 2.11 bits per heavy atom. The number of hydrogen-bond donors (Lipinski definition) is 0. The molecule has 0 heterocycles. The highest BCUT2D eigenvalue weighted by Gasteiger charge is 2.11. The monoisotopic (exact) mass is 268 g/mol. The summed E-state index contributed by atoms with van der Waals surface area (Å²) >= 11 is 0. The van der Waals surface area contributed by atoms with Crippen LogP contribution in [0.3, 0.4) is 0 Å². The van der Waals surface area contributed by atoms with Crippen LogP contribution < -0.4 is 4.74 Å². The van der Waals surface area contributed by atoms with Crippen LogP contribution in [0.25, 0.3) is 0 Å². The molecule has 0 aliphatic heterocycles. The summed E-state index contributed by atoms with van der Waals surface area (Å²) in [6, 6.07) is 8.45. The fraction of sp³-hybridized carbons (Fsp3) is 0.273. The number of oxime groups is 1. The van der Waals surface area contributed by atoms with E-state index in [1.54, 1.807) is 37.3 Å². The van der Waals surface area contributed by atoms with Gasteiger partial charge in [0.15, 0.2) is 5.71 Å². The third kappa shape index (κ3) is 4.07. The molecule has 0 aromatic heterocycles. The zero-order chi connectivity index (χ0) is 13.6. The summed E-state index contributed by atoms with van der Waals surface area (Å²) in [7, 11) is -3.74. The summed E-state index contributed by atoms with van der Waals surface area (Å²) in [5.41, 5.74) is 0.218. The van der Waals surface area contributed by atoms with Gasteiger partial charge in [0.05, 0.1) is 18.4 Å². The summed E-state index contributed by atoms with van der Waals surface area (Å²) in [5, 5.41) is 12.3. The topological polar surface area (TPSA) is 88.8 Å². The van der Waals surface area contributed by atoms with Crippen molar-refractivity contribution in [2.75, 3.05) is 12.9 Å². The van der Waals surface area contributed by atoms with E-state index in [1.807, 2.05) is 0 Å². The van der Waals surface area contributed by atoms with Crippen LogP contribution in [0.15, 0.2) is 29.4 Å². The lowest BCUT2D eigenvalue weighted by atomic mass is 10.1. The van der Waals surface area contributed by atoms with Crippen LogP contribution in [0.1, 0.15) is 12.5 Å². The van der Waals surface area contributed by atoms with Gasteiger partial charge in [-0.05, 0) is 19.1 Å². The first-order valence-corrected chi connectivity index (χ1v) is 6.88. The molecule has 1 rings (SSSR count). The Morgan fingerprint density at radius 1 is 1.44 bits per heavy atom. The van der Waals surface area contributed by atoms with E-state index < -0.39 is 10.1 Å². The van der Waals surface area contributed by atoms with Gasteiger partial charge in [0.2, 0.25) is 0 Å². The molecule has 0 atom stereocenters. The Balaban J connectivity index is 3.14. The van der Waals surface area contributed by atoms with Crippen molar-refractivity contribution in [3.05, 3.63) is 29.8 Å². The third-order valence-electron chi connectivity index (χ3n) is 1.81. The van der Waals surface area contributed by atoms with E-state index >= 15 is 0 Å². The van der Waals surface area contributed by atoms with Crippen molar-refractivity contribution in [3.8, 4) is 11.8 Å². The maximum atomic E-state index is 10.8. The molecule has 0 saturated carbocycles. The molecule has 0 aliphatic carbocycles. The molecule has 0 unspecified atom stereocenters. The van der Waals surface area contributed by atoms with Gasteiger partial charge >= 0.3 is 10.1 Å². The molecule has 0 fully saturated rings. The Hall–Kier alpha value is -2.07. The zero-order valence-corrected chi connectivity index (χ0v) is 10.8. The van der Waals surface area contributed by atoms with Crippen molar-refractivity contribution in [1.29, 1.82) is 5.26 Å². The van der Waals surface area contributed by atoms with Gasteiger partial charge in [0.25, 0.3) is 0 Å². The number of para-hydroxylation sites is 1. The second-order valence-electron chi connectivity index (χ2n) is 3.26. The van der Waals surface area contributed by atoms with Crippen molar-refractivity contribution < 1.29 is 17.4 Å². The maximum absolute atomic E-state index is 10.8. The zero-order valence-electron chi connectivity index (χ0n) is 9.95. The van der Waals surface area contributed by atoms with E-state index in [4.69, 9.17) is 10.00 Å². The summed E-state index contributed by atoms with van der Waals surface area (Å²) in [6.07, 6.45) is 0.847. The minimum absolute atomic E-state index is 0.163. The highest BCUT2D eigenvalue weighted by molar-refractivity contribution is 7.85. The van der Waals surface area contributed by atoms with E-state index in [1.165, 1.54) is 0 Å². The summed E-state index contributed by atoms with van der Waals surface area (Å²) in [4.78, 5) is 0. The van der Waals surface area contributed by atoms with Gasteiger partial charge < -0.3 is 4.74 Å². The average Bonchev–Trinajstić information content (AvgIpc) is 2.31. The van der Waals surface area contributed by atoms with Gasteiger partial charge in [0, 0.05) is 0 Å². The van der Waals surface area contributed by atoms with Crippen LogP contribution in [0.4, 0.5) is 0 Å². The first-order valence-electron chi connectivity index (χ1n) is 5.07. The van der Waals surface area contributed by atoms with E-state index in [0.717, 1.165) is 6.26 Å². The molecule has 0 N–H and O–H groups in total. The number of ether oxygens (including phenoxy) is 1. The molecule has 1 aromatic carbocycles. The Labute approximate surface area is 106 Å². The van der Waals surface area contributed by atoms with Crippen LogP contribution in [-0.2, 0) is 14.4 Å². The van der Waals surface area contributed by atoms with Crippen molar-refractivity contribution in [2.24, 2.45) is 5.16 Å². The van der Waals surface area contributed by atoms with Gasteiger partial charge in [-0.15, -0.1) is 0 Å². The second kappa shape index (κ2) is 6.02. The molecule has 0 saturated heterocycles. The lowest BCUT2D eigenvalue weighted by molar-refractivity contribution is 0.335. The highest BCUT2D eigenvalue weighted by atomic mass is 32.2. The smallest absolute Gasteiger partial charge is 0.325 e. The van der Waals surface area contributed by atoms with Crippen molar-refractivity contribution >= 4 is 15.8 Å². The molecule has 0 spiro atoms. The van der Waals surface area contributed by atoms with Gasteiger partial charge in [0.1, 0.15) is 11.8 Å². The normalized spacial score (nSPS) is 11.7. The van der Waals surface area contributed by atoms with Gasteiger partial charge in [-0.25, -0.2) is 0 Å². The Kier molecular flexibility index (Phi) is 4.68. The van der Waals surface area contributed by atoms with Crippen molar-refractivity contribution in [2.45, 2.75) is 6.92 Å². The van der Waals surface area contributed by atoms with Crippen molar-refractivity contribution in [3.63, 3.8) is 0 Å². The highest BCUT2D eigenvalue weighted by Crippen LogP contribution is 2.19. The third-order valence-corrected chi connectivity index (χ3v) is 2.16. The average molecular weight is 268 g/mol.